The van der Waals surface area contributed by atoms with Gasteiger partial charge < -0.3 is 31.9 Å². The molecule has 0 aliphatic heterocycles. The van der Waals surface area contributed by atoms with E-state index in [2.05, 4.69) is 0 Å². The average molecular weight is 306 g/mol. The molecule has 0 fully saturated rings. The molecular formula is C11H18N2O8. The summed E-state index contributed by atoms with van der Waals surface area (Å²) in [5.74, 6) is -5.66. The zero-order chi connectivity index (χ0) is 16.8. The van der Waals surface area contributed by atoms with Crippen LogP contribution in [-0.4, -0.2) is 56.4 Å². The lowest BCUT2D eigenvalue weighted by Crippen LogP contribution is -2.56. The summed E-state index contributed by atoms with van der Waals surface area (Å²) in [6, 6.07) is -2.70. The number of hydrogen-bond donors (Lipinski definition) is 6. The van der Waals surface area contributed by atoms with Gasteiger partial charge in [0.1, 0.15) is 0 Å². The number of aliphatic carboxylic acids is 4. The SMILES string of the molecule is NC(CC(=O)O)[C@@H](N)C(CC(=O)O)(CC(=O)O)CC(=O)O. The van der Waals surface area contributed by atoms with Crippen molar-refractivity contribution in [3.63, 3.8) is 0 Å². The van der Waals surface area contributed by atoms with E-state index in [1.807, 2.05) is 0 Å². The van der Waals surface area contributed by atoms with Crippen LogP contribution in [0, 0.1) is 5.41 Å². The lowest BCUT2D eigenvalue weighted by molar-refractivity contribution is -0.148. The van der Waals surface area contributed by atoms with Gasteiger partial charge in [0.15, 0.2) is 0 Å². The first-order valence-electron chi connectivity index (χ1n) is 5.88. The first kappa shape index (κ1) is 18.8. The van der Waals surface area contributed by atoms with Gasteiger partial charge in [0, 0.05) is 17.5 Å². The van der Waals surface area contributed by atoms with Crippen molar-refractivity contribution in [2.24, 2.45) is 16.9 Å². The highest BCUT2D eigenvalue weighted by molar-refractivity contribution is 5.76. The van der Waals surface area contributed by atoms with Crippen LogP contribution >= 0.6 is 0 Å². The van der Waals surface area contributed by atoms with Gasteiger partial charge >= 0.3 is 23.9 Å². The van der Waals surface area contributed by atoms with Gasteiger partial charge in [-0.2, -0.15) is 0 Å². The maximum Gasteiger partial charge on any atom is 0.304 e. The van der Waals surface area contributed by atoms with Crippen molar-refractivity contribution in [3.8, 4) is 0 Å². The van der Waals surface area contributed by atoms with E-state index < -0.39 is 67.1 Å². The van der Waals surface area contributed by atoms with Crippen LogP contribution in [0.1, 0.15) is 25.7 Å². The summed E-state index contributed by atoms with van der Waals surface area (Å²) in [5.41, 5.74) is 9.38. The molecule has 0 rings (SSSR count). The molecule has 0 bridgehead atoms. The number of nitrogens with two attached hydrogens (primary N) is 2. The van der Waals surface area contributed by atoms with Gasteiger partial charge in [-0.15, -0.1) is 0 Å². The highest BCUT2D eigenvalue weighted by atomic mass is 16.4. The molecular weight excluding hydrogens is 288 g/mol. The highest BCUT2D eigenvalue weighted by Crippen LogP contribution is 2.36. The van der Waals surface area contributed by atoms with E-state index in [0.29, 0.717) is 0 Å². The van der Waals surface area contributed by atoms with Crippen LogP contribution in [0.25, 0.3) is 0 Å². The molecule has 0 spiro atoms. The van der Waals surface area contributed by atoms with Crippen LogP contribution in [0.15, 0.2) is 0 Å². The number of hydrogen-bond acceptors (Lipinski definition) is 6. The maximum atomic E-state index is 10.9. The van der Waals surface area contributed by atoms with Crippen molar-refractivity contribution >= 4 is 23.9 Å². The zero-order valence-electron chi connectivity index (χ0n) is 11.1. The first-order valence-corrected chi connectivity index (χ1v) is 5.88. The third-order valence-corrected chi connectivity index (χ3v) is 3.09. The lowest BCUT2D eigenvalue weighted by atomic mass is 9.69. The standard InChI is InChI=1S/C11H18N2O8/c12-5(1-6(14)15)10(13)11(2-7(16)17,3-8(18)19)4-9(20)21/h5,10H,1-4,12-13H2,(H,14,15)(H,16,17)(H,18,19)(H,20,21)/t5?,10-/m1/s1. The Hall–Kier alpha value is -2.20. The molecule has 0 aromatic heterocycles. The summed E-state index contributed by atoms with van der Waals surface area (Å²) >= 11 is 0. The fourth-order valence-electron chi connectivity index (χ4n) is 2.23. The molecule has 0 saturated heterocycles. The summed E-state index contributed by atoms with van der Waals surface area (Å²) < 4.78 is 0. The fraction of sp³-hybridized carbons (Fsp3) is 0.636. The van der Waals surface area contributed by atoms with Crippen molar-refractivity contribution in [2.45, 2.75) is 37.8 Å². The van der Waals surface area contributed by atoms with Crippen LogP contribution in [-0.2, 0) is 19.2 Å². The molecule has 0 aliphatic carbocycles. The molecule has 120 valence electrons. The van der Waals surface area contributed by atoms with E-state index in [9.17, 15) is 19.2 Å². The van der Waals surface area contributed by atoms with Gasteiger partial charge in [0.05, 0.1) is 25.7 Å². The predicted molar refractivity (Wildman–Crippen MR) is 67.4 cm³/mol. The minimum atomic E-state index is -1.88. The molecule has 10 nitrogen and oxygen atoms in total. The van der Waals surface area contributed by atoms with Gasteiger partial charge in [-0.3, -0.25) is 19.2 Å². The predicted octanol–water partition coefficient (Wildman–Crippen LogP) is -1.47. The van der Waals surface area contributed by atoms with Crippen LogP contribution in [0.4, 0.5) is 0 Å². The Bertz CT molecular complexity index is 395. The first-order chi connectivity index (χ1) is 9.50. The number of carboxylic acid groups (broad SMARTS) is 4. The Balaban J connectivity index is 5.57. The molecule has 21 heavy (non-hydrogen) atoms. The second-order valence-corrected chi connectivity index (χ2v) is 4.86. The van der Waals surface area contributed by atoms with Gasteiger partial charge in [-0.25, -0.2) is 0 Å². The Kier molecular flexibility index (Phi) is 6.76. The van der Waals surface area contributed by atoms with E-state index in [-0.39, 0.29) is 0 Å². The van der Waals surface area contributed by atoms with Gasteiger partial charge in [0.25, 0.3) is 0 Å². The third kappa shape index (κ3) is 6.19. The van der Waals surface area contributed by atoms with Crippen molar-refractivity contribution in [2.75, 3.05) is 0 Å². The molecule has 0 aromatic carbocycles. The summed E-state index contributed by atoms with van der Waals surface area (Å²) in [7, 11) is 0. The Morgan fingerprint density at radius 1 is 0.762 bits per heavy atom. The molecule has 0 heterocycles. The van der Waals surface area contributed by atoms with Gasteiger partial charge in [0.2, 0.25) is 0 Å². The normalized spacial score (nSPS) is 14.2. The monoisotopic (exact) mass is 306 g/mol. The summed E-state index contributed by atoms with van der Waals surface area (Å²) in [6.07, 6.45) is -3.18. The van der Waals surface area contributed by atoms with Crippen molar-refractivity contribution in [3.05, 3.63) is 0 Å². The highest BCUT2D eigenvalue weighted by Gasteiger charge is 2.45. The summed E-state index contributed by atoms with van der Waals surface area (Å²) in [6.45, 7) is 0. The zero-order valence-corrected chi connectivity index (χ0v) is 11.1. The third-order valence-electron chi connectivity index (χ3n) is 3.09. The van der Waals surface area contributed by atoms with E-state index in [0.717, 1.165) is 0 Å². The molecule has 0 saturated carbocycles. The molecule has 8 N–H and O–H groups in total. The molecule has 0 radical (unpaired) electrons. The lowest BCUT2D eigenvalue weighted by Gasteiger charge is -2.38. The number of carboxylic acids is 4. The quantitative estimate of drug-likeness (QED) is 0.276. The minimum Gasteiger partial charge on any atom is -0.481 e. The molecule has 1 unspecified atom stereocenters. The van der Waals surface area contributed by atoms with Gasteiger partial charge in [-0.1, -0.05) is 0 Å². The van der Waals surface area contributed by atoms with Crippen LogP contribution in [0.3, 0.4) is 0 Å². The maximum absolute atomic E-state index is 10.9. The Morgan fingerprint density at radius 3 is 1.33 bits per heavy atom. The number of rotatable bonds is 10. The van der Waals surface area contributed by atoms with Crippen molar-refractivity contribution < 1.29 is 39.6 Å². The summed E-state index contributed by atoms with van der Waals surface area (Å²) in [5, 5.41) is 35.3. The topological polar surface area (TPSA) is 201 Å². The second kappa shape index (κ2) is 7.55. The minimum absolute atomic E-state index is 0.637. The Morgan fingerprint density at radius 2 is 1.10 bits per heavy atom. The van der Waals surface area contributed by atoms with Crippen molar-refractivity contribution in [1.29, 1.82) is 0 Å². The molecule has 0 amide bonds. The van der Waals surface area contributed by atoms with E-state index in [1.54, 1.807) is 0 Å². The van der Waals surface area contributed by atoms with E-state index >= 15 is 0 Å². The molecule has 0 aliphatic rings. The van der Waals surface area contributed by atoms with Crippen molar-refractivity contribution in [1.82, 2.24) is 0 Å². The largest absolute Gasteiger partial charge is 0.481 e. The molecule has 2 atom stereocenters. The second-order valence-electron chi connectivity index (χ2n) is 4.86. The van der Waals surface area contributed by atoms with E-state index in [1.165, 1.54) is 0 Å². The van der Waals surface area contributed by atoms with E-state index in [4.69, 9.17) is 31.9 Å². The molecule has 10 heteroatoms. The average Bonchev–Trinajstić information content (AvgIpc) is 2.23. The smallest absolute Gasteiger partial charge is 0.304 e. The fourth-order valence-corrected chi connectivity index (χ4v) is 2.23. The summed E-state index contributed by atoms with van der Waals surface area (Å²) in [4.78, 5) is 43.4. The van der Waals surface area contributed by atoms with Gasteiger partial charge in [-0.05, 0) is 0 Å². The van der Waals surface area contributed by atoms with Crippen LogP contribution in [0.2, 0.25) is 0 Å². The van der Waals surface area contributed by atoms with Crippen LogP contribution < -0.4 is 11.5 Å². The molecule has 0 aromatic rings. The Labute approximate surface area is 119 Å². The number of carbonyl (C=O) groups is 4. The van der Waals surface area contributed by atoms with Crippen LogP contribution in [0.5, 0.6) is 0 Å².